The van der Waals surface area contributed by atoms with E-state index in [1.165, 1.54) is 12.5 Å². The van der Waals surface area contributed by atoms with Crippen molar-refractivity contribution in [3.63, 3.8) is 0 Å². The average molecular weight is 303 g/mol. The van der Waals surface area contributed by atoms with E-state index in [0.717, 1.165) is 39.0 Å². The minimum absolute atomic E-state index is 0.0150. The Morgan fingerprint density at radius 3 is 2.59 bits per heavy atom. The van der Waals surface area contributed by atoms with E-state index < -0.39 is 4.92 Å². The summed E-state index contributed by atoms with van der Waals surface area (Å²) in [5.74, 6) is -0.0150. The number of hydrogen-bond donors (Lipinski definition) is 1. The molecular weight excluding hydrogens is 282 g/mol. The molecule has 0 atom stereocenters. The van der Waals surface area contributed by atoms with Crippen LogP contribution in [0.3, 0.4) is 0 Å². The first-order chi connectivity index (χ1) is 10.5. The molecule has 0 aliphatic carbocycles. The molecule has 1 aromatic rings. The molecule has 0 radical (unpaired) electrons. The van der Waals surface area contributed by atoms with Crippen molar-refractivity contribution in [3.05, 3.63) is 39.4 Å². The second-order valence-electron chi connectivity index (χ2n) is 6.48. The quantitative estimate of drug-likeness (QED) is 0.671. The van der Waals surface area contributed by atoms with Crippen LogP contribution in [0.1, 0.15) is 35.2 Å². The molecule has 2 aliphatic heterocycles. The Morgan fingerprint density at radius 1 is 1.32 bits per heavy atom. The van der Waals surface area contributed by atoms with E-state index in [4.69, 9.17) is 0 Å². The number of aryl methyl sites for hydroxylation is 1. The molecular formula is C16H21N3O3. The van der Waals surface area contributed by atoms with Gasteiger partial charge in [-0.15, -0.1) is 0 Å². The summed E-state index contributed by atoms with van der Waals surface area (Å²) in [5, 5.41) is 14.3. The van der Waals surface area contributed by atoms with Crippen LogP contribution in [0, 0.1) is 22.5 Å². The number of nitro groups is 1. The summed E-state index contributed by atoms with van der Waals surface area (Å²) in [7, 11) is 0. The van der Waals surface area contributed by atoms with Gasteiger partial charge in [0.15, 0.2) is 0 Å². The van der Waals surface area contributed by atoms with Gasteiger partial charge in [-0.05, 0) is 50.3 Å². The number of carbonyl (C=O) groups excluding carboxylic acids is 1. The maximum Gasteiger partial charge on any atom is 0.272 e. The smallest absolute Gasteiger partial charge is 0.272 e. The molecule has 2 saturated heterocycles. The molecule has 1 N–H and O–H groups in total. The standard InChI is InChI=1S/C16H21N3O3/c1-12-10-13(2-3-14(12)19(21)22)15(20)18-8-5-16(6-9-18)4-7-17-11-16/h2-3,10,17H,4-9,11H2,1H3. The number of hydrogen-bond acceptors (Lipinski definition) is 4. The van der Waals surface area contributed by atoms with E-state index in [2.05, 4.69) is 5.32 Å². The molecule has 3 rings (SSSR count). The zero-order valence-corrected chi connectivity index (χ0v) is 12.8. The second-order valence-corrected chi connectivity index (χ2v) is 6.48. The number of nitrogens with zero attached hydrogens (tertiary/aromatic N) is 2. The molecule has 0 unspecified atom stereocenters. The molecule has 2 fully saturated rings. The van der Waals surface area contributed by atoms with Crippen LogP contribution >= 0.6 is 0 Å². The first kappa shape index (κ1) is 15.0. The number of amides is 1. The Hall–Kier alpha value is -1.95. The summed E-state index contributed by atoms with van der Waals surface area (Å²) in [6, 6.07) is 4.62. The van der Waals surface area contributed by atoms with Crippen molar-refractivity contribution in [2.45, 2.75) is 26.2 Å². The van der Waals surface area contributed by atoms with E-state index in [1.807, 2.05) is 4.90 Å². The molecule has 2 aliphatic rings. The highest BCUT2D eigenvalue weighted by Crippen LogP contribution is 2.37. The molecule has 6 heteroatoms. The summed E-state index contributed by atoms with van der Waals surface area (Å²) < 4.78 is 0. The predicted octanol–water partition coefficient (Wildman–Crippen LogP) is 2.12. The third kappa shape index (κ3) is 2.70. The Balaban J connectivity index is 1.70. The first-order valence-electron chi connectivity index (χ1n) is 7.76. The van der Waals surface area contributed by atoms with Crippen LogP contribution < -0.4 is 5.32 Å². The molecule has 118 valence electrons. The lowest BCUT2D eigenvalue weighted by Gasteiger charge is -2.38. The van der Waals surface area contributed by atoms with Gasteiger partial charge >= 0.3 is 0 Å². The summed E-state index contributed by atoms with van der Waals surface area (Å²) in [5.41, 5.74) is 1.52. The third-order valence-corrected chi connectivity index (χ3v) is 5.08. The van der Waals surface area contributed by atoms with E-state index in [9.17, 15) is 14.9 Å². The van der Waals surface area contributed by atoms with Crippen LogP contribution in [-0.4, -0.2) is 41.9 Å². The number of carbonyl (C=O) groups is 1. The monoisotopic (exact) mass is 303 g/mol. The van der Waals surface area contributed by atoms with Crippen molar-refractivity contribution in [1.29, 1.82) is 0 Å². The number of nitro benzene ring substituents is 1. The van der Waals surface area contributed by atoms with Gasteiger partial charge in [-0.3, -0.25) is 14.9 Å². The van der Waals surface area contributed by atoms with E-state index in [0.29, 0.717) is 16.5 Å². The Kier molecular flexibility index (Phi) is 3.87. The fourth-order valence-electron chi connectivity index (χ4n) is 3.58. The number of benzene rings is 1. The number of rotatable bonds is 2. The predicted molar refractivity (Wildman–Crippen MR) is 82.9 cm³/mol. The molecule has 1 spiro atoms. The highest BCUT2D eigenvalue weighted by Gasteiger charge is 2.38. The lowest BCUT2D eigenvalue weighted by atomic mass is 9.78. The molecule has 1 amide bonds. The lowest BCUT2D eigenvalue weighted by Crippen LogP contribution is -2.44. The van der Waals surface area contributed by atoms with Crippen LogP contribution in [0.2, 0.25) is 0 Å². The zero-order chi connectivity index (χ0) is 15.7. The van der Waals surface area contributed by atoms with Gasteiger partial charge in [0.1, 0.15) is 0 Å². The molecule has 0 bridgehead atoms. The van der Waals surface area contributed by atoms with E-state index >= 15 is 0 Å². The lowest BCUT2D eigenvalue weighted by molar-refractivity contribution is -0.385. The van der Waals surface area contributed by atoms with Gasteiger partial charge in [-0.1, -0.05) is 0 Å². The molecule has 1 aromatic carbocycles. The largest absolute Gasteiger partial charge is 0.339 e. The van der Waals surface area contributed by atoms with Crippen molar-refractivity contribution in [3.8, 4) is 0 Å². The zero-order valence-electron chi connectivity index (χ0n) is 12.8. The topological polar surface area (TPSA) is 75.5 Å². The molecule has 0 saturated carbocycles. The fourth-order valence-corrected chi connectivity index (χ4v) is 3.58. The Bertz CT molecular complexity index is 599. The van der Waals surface area contributed by atoms with Crippen molar-refractivity contribution in [1.82, 2.24) is 10.2 Å². The van der Waals surface area contributed by atoms with Gasteiger partial charge in [-0.25, -0.2) is 0 Å². The molecule has 6 nitrogen and oxygen atoms in total. The number of nitrogens with one attached hydrogen (secondary N) is 1. The van der Waals surface area contributed by atoms with Crippen LogP contribution in [0.5, 0.6) is 0 Å². The van der Waals surface area contributed by atoms with Gasteiger partial charge in [0, 0.05) is 36.8 Å². The molecule has 22 heavy (non-hydrogen) atoms. The highest BCUT2D eigenvalue weighted by molar-refractivity contribution is 5.94. The van der Waals surface area contributed by atoms with Gasteiger partial charge in [0.25, 0.3) is 11.6 Å². The van der Waals surface area contributed by atoms with Gasteiger partial charge in [-0.2, -0.15) is 0 Å². The average Bonchev–Trinajstić information content (AvgIpc) is 2.95. The van der Waals surface area contributed by atoms with Crippen molar-refractivity contribution >= 4 is 11.6 Å². The van der Waals surface area contributed by atoms with Crippen LogP contribution in [0.4, 0.5) is 5.69 Å². The van der Waals surface area contributed by atoms with Gasteiger partial charge in [0.2, 0.25) is 0 Å². The van der Waals surface area contributed by atoms with E-state index in [1.54, 1.807) is 19.1 Å². The SMILES string of the molecule is Cc1cc(C(=O)N2CCC3(CCNC3)CC2)ccc1[N+](=O)[O-]. The Morgan fingerprint density at radius 2 is 2.05 bits per heavy atom. The van der Waals surface area contributed by atoms with Crippen LogP contribution in [0.15, 0.2) is 18.2 Å². The number of piperidine rings is 1. The van der Waals surface area contributed by atoms with Crippen molar-refractivity contribution in [2.75, 3.05) is 26.2 Å². The van der Waals surface area contributed by atoms with Crippen molar-refractivity contribution in [2.24, 2.45) is 5.41 Å². The maximum absolute atomic E-state index is 12.6. The highest BCUT2D eigenvalue weighted by atomic mass is 16.6. The second kappa shape index (κ2) is 5.68. The van der Waals surface area contributed by atoms with Crippen molar-refractivity contribution < 1.29 is 9.72 Å². The minimum atomic E-state index is -0.415. The summed E-state index contributed by atoms with van der Waals surface area (Å²) in [4.78, 5) is 24.9. The van der Waals surface area contributed by atoms with Gasteiger partial charge in [0.05, 0.1) is 4.92 Å². The normalized spacial score (nSPS) is 20.3. The van der Waals surface area contributed by atoms with Crippen LogP contribution in [0.25, 0.3) is 0 Å². The minimum Gasteiger partial charge on any atom is -0.339 e. The summed E-state index contributed by atoms with van der Waals surface area (Å²) >= 11 is 0. The first-order valence-corrected chi connectivity index (χ1v) is 7.76. The summed E-state index contributed by atoms with van der Waals surface area (Å²) in [6.07, 6.45) is 3.28. The Labute approximate surface area is 129 Å². The van der Waals surface area contributed by atoms with Gasteiger partial charge < -0.3 is 10.2 Å². The molecule has 2 heterocycles. The van der Waals surface area contributed by atoms with Crippen LogP contribution in [-0.2, 0) is 0 Å². The van der Waals surface area contributed by atoms with E-state index in [-0.39, 0.29) is 11.6 Å². The fraction of sp³-hybridized carbons (Fsp3) is 0.562. The third-order valence-electron chi connectivity index (χ3n) is 5.08. The maximum atomic E-state index is 12.6. The number of likely N-dealkylation sites (tertiary alicyclic amines) is 1. The molecule has 0 aromatic heterocycles. The summed E-state index contributed by atoms with van der Waals surface area (Å²) in [6.45, 7) is 5.36.